The number of hydrogen-bond acceptors (Lipinski definition) is 7. The van der Waals surface area contributed by atoms with Gasteiger partial charge in [0, 0.05) is 5.75 Å². The zero-order valence-corrected chi connectivity index (χ0v) is 15.2. The van der Waals surface area contributed by atoms with Gasteiger partial charge < -0.3 is 31.9 Å². The summed E-state index contributed by atoms with van der Waals surface area (Å²) in [7, 11) is 0. The van der Waals surface area contributed by atoms with E-state index < -0.39 is 54.5 Å². The maximum absolute atomic E-state index is 12.3. The van der Waals surface area contributed by atoms with E-state index >= 15 is 0 Å². The summed E-state index contributed by atoms with van der Waals surface area (Å²) in [5, 5.41) is 25.1. The molecule has 4 atom stereocenters. The van der Waals surface area contributed by atoms with Gasteiger partial charge in [0.25, 0.3) is 0 Å². The SMILES string of the molecule is CC(N)C(=O)NC(C(=O)NC(CO)C(=O)NC(CS)C(=O)O)C(C)C. The van der Waals surface area contributed by atoms with Gasteiger partial charge in [0.2, 0.25) is 17.7 Å². The van der Waals surface area contributed by atoms with Crippen LogP contribution in [-0.2, 0) is 19.2 Å². The van der Waals surface area contributed by atoms with Crippen molar-refractivity contribution >= 4 is 36.3 Å². The molecule has 0 rings (SSSR count). The number of rotatable bonds is 10. The molecule has 7 N–H and O–H groups in total. The Morgan fingerprint density at radius 2 is 1.48 bits per heavy atom. The van der Waals surface area contributed by atoms with Crippen LogP contribution in [0.15, 0.2) is 0 Å². The van der Waals surface area contributed by atoms with Gasteiger partial charge in [-0.1, -0.05) is 13.8 Å². The Kier molecular flexibility index (Phi) is 10.1. The van der Waals surface area contributed by atoms with E-state index in [1.165, 1.54) is 6.92 Å². The zero-order valence-electron chi connectivity index (χ0n) is 14.4. The van der Waals surface area contributed by atoms with E-state index in [1.807, 2.05) is 0 Å². The molecule has 4 unspecified atom stereocenters. The molecule has 0 radical (unpaired) electrons. The average molecular weight is 378 g/mol. The second-order valence-electron chi connectivity index (χ2n) is 5.84. The van der Waals surface area contributed by atoms with Gasteiger partial charge in [-0.25, -0.2) is 4.79 Å². The fraction of sp³-hybridized carbons (Fsp3) is 0.714. The number of nitrogens with two attached hydrogens (primary N) is 1. The van der Waals surface area contributed by atoms with Crippen LogP contribution in [0.25, 0.3) is 0 Å². The Morgan fingerprint density at radius 1 is 0.960 bits per heavy atom. The number of hydrogen-bond donors (Lipinski definition) is 7. The Morgan fingerprint density at radius 3 is 1.84 bits per heavy atom. The molecule has 0 heterocycles. The van der Waals surface area contributed by atoms with Gasteiger partial charge in [0.15, 0.2) is 0 Å². The highest BCUT2D eigenvalue weighted by atomic mass is 32.1. The Bertz CT molecular complexity index is 500. The normalized spacial score (nSPS) is 15.6. The number of carboxylic acid groups (broad SMARTS) is 1. The first-order chi connectivity index (χ1) is 11.5. The fourth-order valence-corrected chi connectivity index (χ4v) is 1.98. The van der Waals surface area contributed by atoms with Crippen molar-refractivity contribution in [2.75, 3.05) is 12.4 Å². The zero-order chi connectivity index (χ0) is 19.7. The van der Waals surface area contributed by atoms with Crippen LogP contribution in [-0.4, -0.2) is 70.4 Å². The van der Waals surface area contributed by atoms with Gasteiger partial charge >= 0.3 is 5.97 Å². The highest BCUT2D eigenvalue weighted by molar-refractivity contribution is 7.80. The molecule has 0 aromatic rings. The van der Waals surface area contributed by atoms with Crippen molar-refractivity contribution < 1.29 is 29.4 Å². The summed E-state index contributed by atoms with van der Waals surface area (Å²) in [5.41, 5.74) is 5.45. The Balaban J connectivity index is 5.01. The van der Waals surface area contributed by atoms with Crippen molar-refractivity contribution in [2.45, 2.75) is 44.9 Å². The van der Waals surface area contributed by atoms with Crippen LogP contribution in [0.3, 0.4) is 0 Å². The maximum Gasteiger partial charge on any atom is 0.327 e. The van der Waals surface area contributed by atoms with Crippen LogP contribution >= 0.6 is 12.6 Å². The quantitative estimate of drug-likeness (QED) is 0.205. The molecule has 0 aromatic carbocycles. The first-order valence-electron chi connectivity index (χ1n) is 7.66. The lowest BCUT2D eigenvalue weighted by Gasteiger charge is -2.25. The first kappa shape index (κ1) is 23.1. The number of aliphatic carboxylic acids is 1. The largest absolute Gasteiger partial charge is 0.480 e. The maximum atomic E-state index is 12.3. The topological polar surface area (TPSA) is 171 Å². The number of amides is 3. The molecule has 3 amide bonds. The van der Waals surface area contributed by atoms with E-state index in [0.29, 0.717) is 0 Å². The smallest absolute Gasteiger partial charge is 0.327 e. The third-order valence-corrected chi connectivity index (χ3v) is 3.64. The second-order valence-corrected chi connectivity index (χ2v) is 6.21. The van der Waals surface area contributed by atoms with Crippen molar-refractivity contribution in [3.8, 4) is 0 Å². The van der Waals surface area contributed by atoms with E-state index in [0.717, 1.165) is 0 Å². The van der Waals surface area contributed by atoms with E-state index in [1.54, 1.807) is 13.8 Å². The van der Waals surface area contributed by atoms with E-state index in [2.05, 4.69) is 28.6 Å². The number of thiol groups is 1. The summed E-state index contributed by atoms with van der Waals surface area (Å²) in [6, 6.07) is -4.43. The van der Waals surface area contributed by atoms with Gasteiger partial charge in [-0.2, -0.15) is 12.6 Å². The third-order valence-electron chi connectivity index (χ3n) is 3.27. The molecule has 0 aliphatic heterocycles. The summed E-state index contributed by atoms with van der Waals surface area (Å²) >= 11 is 3.81. The number of nitrogens with one attached hydrogen (secondary N) is 3. The van der Waals surface area contributed by atoms with Crippen LogP contribution < -0.4 is 21.7 Å². The van der Waals surface area contributed by atoms with Crippen LogP contribution in [0.2, 0.25) is 0 Å². The third kappa shape index (κ3) is 7.71. The first-order valence-corrected chi connectivity index (χ1v) is 8.29. The number of carbonyl (C=O) groups excluding carboxylic acids is 3. The van der Waals surface area contributed by atoms with Crippen molar-refractivity contribution in [1.82, 2.24) is 16.0 Å². The Hall–Kier alpha value is -1.85. The molecule has 0 aliphatic carbocycles. The minimum absolute atomic E-state index is 0.160. The minimum Gasteiger partial charge on any atom is -0.480 e. The molecule has 0 saturated carbocycles. The number of carboxylic acids is 1. The molecule has 25 heavy (non-hydrogen) atoms. The lowest BCUT2D eigenvalue weighted by Crippen LogP contribution is -2.59. The van der Waals surface area contributed by atoms with E-state index in [4.69, 9.17) is 10.8 Å². The van der Waals surface area contributed by atoms with Crippen molar-refractivity contribution in [2.24, 2.45) is 11.7 Å². The molecule has 11 heteroatoms. The van der Waals surface area contributed by atoms with Crippen LogP contribution in [0.1, 0.15) is 20.8 Å². The van der Waals surface area contributed by atoms with E-state index in [-0.39, 0.29) is 11.7 Å². The number of carbonyl (C=O) groups is 4. The minimum atomic E-state index is -1.37. The molecule has 0 saturated heterocycles. The number of aliphatic hydroxyl groups is 1. The van der Waals surface area contributed by atoms with Crippen molar-refractivity contribution in [3.63, 3.8) is 0 Å². The second kappa shape index (κ2) is 10.9. The molecular weight excluding hydrogens is 352 g/mol. The lowest BCUT2D eigenvalue weighted by atomic mass is 10.0. The molecule has 144 valence electrons. The molecule has 10 nitrogen and oxygen atoms in total. The molecular formula is C14H26N4O6S. The highest BCUT2D eigenvalue weighted by Gasteiger charge is 2.30. The Labute approximate surface area is 151 Å². The van der Waals surface area contributed by atoms with Crippen LogP contribution in [0.4, 0.5) is 0 Å². The van der Waals surface area contributed by atoms with Gasteiger partial charge in [-0.3, -0.25) is 14.4 Å². The molecule has 0 spiro atoms. The van der Waals surface area contributed by atoms with Crippen LogP contribution in [0.5, 0.6) is 0 Å². The standard InChI is InChI=1S/C14H26N4O6S/c1-6(2)10(18-11(20)7(3)15)13(22)16-8(4-19)12(21)17-9(5-25)14(23)24/h6-10,19,25H,4-5,15H2,1-3H3,(H,16,22)(H,17,21)(H,18,20)(H,23,24). The van der Waals surface area contributed by atoms with Gasteiger partial charge in [-0.15, -0.1) is 0 Å². The monoisotopic (exact) mass is 378 g/mol. The molecule has 0 aliphatic rings. The van der Waals surface area contributed by atoms with Gasteiger partial charge in [0.1, 0.15) is 18.1 Å². The summed E-state index contributed by atoms with van der Waals surface area (Å²) in [6.45, 7) is 4.07. The summed E-state index contributed by atoms with van der Waals surface area (Å²) in [6.07, 6.45) is 0. The molecule has 0 fully saturated rings. The highest BCUT2D eigenvalue weighted by Crippen LogP contribution is 2.03. The van der Waals surface area contributed by atoms with Crippen molar-refractivity contribution in [3.05, 3.63) is 0 Å². The predicted molar refractivity (Wildman–Crippen MR) is 92.9 cm³/mol. The molecule has 0 aromatic heterocycles. The predicted octanol–water partition coefficient (Wildman–Crippen LogP) is -2.55. The van der Waals surface area contributed by atoms with Crippen LogP contribution in [0, 0.1) is 5.92 Å². The van der Waals surface area contributed by atoms with Gasteiger partial charge in [0.05, 0.1) is 12.6 Å². The summed E-state index contributed by atoms with van der Waals surface area (Å²) in [4.78, 5) is 46.9. The van der Waals surface area contributed by atoms with Gasteiger partial charge in [-0.05, 0) is 12.8 Å². The lowest BCUT2D eigenvalue weighted by molar-refractivity contribution is -0.142. The fourth-order valence-electron chi connectivity index (χ4n) is 1.73. The van der Waals surface area contributed by atoms with Crippen molar-refractivity contribution in [1.29, 1.82) is 0 Å². The molecule has 0 bridgehead atoms. The summed E-state index contributed by atoms with van der Waals surface area (Å²) < 4.78 is 0. The van der Waals surface area contributed by atoms with E-state index in [9.17, 15) is 24.3 Å². The number of aliphatic hydroxyl groups excluding tert-OH is 1. The average Bonchev–Trinajstić information content (AvgIpc) is 2.53. The summed E-state index contributed by atoms with van der Waals surface area (Å²) in [5.74, 6) is -3.88.